The highest BCUT2D eigenvalue weighted by Gasteiger charge is 2.33. The molecular formula is C27H26ClF3N4OS. The molecule has 1 amide bonds. The Labute approximate surface area is 222 Å². The highest BCUT2D eigenvalue weighted by atomic mass is 35.5. The van der Waals surface area contributed by atoms with Crippen LogP contribution in [0.5, 0.6) is 0 Å². The predicted octanol–water partition coefficient (Wildman–Crippen LogP) is 6.44. The zero-order valence-corrected chi connectivity index (χ0v) is 21.5. The number of allylic oxidation sites excluding steroid dienone is 1. The SMILES string of the molecule is N=C(/C=C(\Nc1ccccc1Cl)c1ccc(C(=O)N2CCN(CCc3cccs3)CC2)cc1)C(F)(F)F. The highest BCUT2D eigenvalue weighted by Crippen LogP contribution is 2.28. The number of hydrogen-bond acceptors (Lipinski definition) is 5. The molecule has 10 heteroatoms. The fourth-order valence-electron chi connectivity index (χ4n) is 4.00. The summed E-state index contributed by atoms with van der Waals surface area (Å²) in [5, 5.41) is 12.7. The summed E-state index contributed by atoms with van der Waals surface area (Å²) in [6, 6.07) is 17.2. The number of para-hydroxylation sites is 1. The first-order chi connectivity index (χ1) is 17.7. The van der Waals surface area contributed by atoms with Gasteiger partial charge in [-0.05, 0) is 53.8 Å². The van der Waals surface area contributed by atoms with Crippen molar-refractivity contribution >= 4 is 45.9 Å². The minimum atomic E-state index is -4.80. The zero-order chi connectivity index (χ0) is 26.4. The van der Waals surface area contributed by atoms with Crippen LogP contribution < -0.4 is 5.32 Å². The average Bonchev–Trinajstić information content (AvgIpc) is 3.41. The van der Waals surface area contributed by atoms with E-state index in [9.17, 15) is 18.0 Å². The number of nitrogens with one attached hydrogen (secondary N) is 2. The lowest BCUT2D eigenvalue weighted by Gasteiger charge is -2.34. The van der Waals surface area contributed by atoms with Crippen LogP contribution in [0.15, 0.2) is 72.1 Å². The molecule has 2 aromatic carbocycles. The van der Waals surface area contributed by atoms with Crippen molar-refractivity contribution in [1.82, 2.24) is 9.80 Å². The number of amides is 1. The minimum absolute atomic E-state index is 0.0498. The molecule has 194 valence electrons. The van der Waals surface area contributed by atoms with E-state index in [1.165, 1.54) is 4.88 Å². The van der Waals surface area contributed by atoms with Gasteiger partial charge in [-0.25, -0.2) is 0 Å². The molecule has 1 fully saturated rings. The molecule has 0 spiro atoms. The van der Waals surface area contributed by atoms with Gasteiger partial charge in [-0.3, -0.25) is 15.1 Å². The van der Waals surface area contributed by atoms with E-state index in [2.05, 4.69) is 21.7 Å². The van der Waals surface area contributed by atoms with E-state index in [0.29, 0.717) is 34.9 Å². The molecule has 1 aliphatic rings. The molecule has 0 unspecified atom stereocenters. The molecule has 1 aromatic heterocycles. The maximum atomic E-state index is 13.1. The van der Waals surface area contributed by atoms with Gasteiger partial charge in [0.25, 0.3) is 5.91 Å². The first kappa shape index (κ1) is 26.9. The Balaban J connectivity index is 1.43. The lowest BCUT2D eigenvalue weighted by molar-refractivity contribution is -0.0583. The number of hydrogen-bond donors (Lipinski definition) is 2. The number of thiophene rings is 1. The molecule has 0 bridgehead atoms. The molecule has 37 heavy (non-hydrogen) atoms. The first-order valence-corrected chi connectivity index (χ1v) is 13.0. The van der Waals surface area contributed by atoms with Crippen molar-refractivity contribution in [3.05, 3.63) is 93.1 Å². The fourth-order valence-corrected chi connectivity index (χ4v) is 4.88. The average molecular weight is 547 g/mol. The van der Waals surface area contributed by atoms with Crippen LogP contribution in [0.4, 0.5) is 18.9 Å². The van der Waals surface area contributed by atoms with Crippen LogP contribution >= 0.6 is 22.9 Å². The quantitative estimate of drug-likeness (QED) is 0.320. The molecule has 1 aliphatic heterocycles. The number of carbonyl (C=O) groups is 1. The fraction of sp³-hybridized carbons (Fsp3) is 0.259. The first-order valence-electron chi connectivity index (χ1n) is 11.7. The number of alkyl halides is 3. The Hall–Kier alpha value is -3.14. The molecule has 5 nitrogen and oxygen atoms in total. The predicted molar refractivity (Wildman–Crippen MR) is 144 cm³/mol. The van der Waals surface area contributed by atoms with E-state index in [1.807, 2.05) is 6.07 Å². The number of halogens is 4. The monoisotopic (exact) mass is 546 g/mol. The summed E-state index contributed by atoms with van der Waals surface area (Å²) in [5.41, 5.74) is -0.196. The Morgan fingerprint density at radius 3 is 2.30 bits per heavy atom. The number of benzene rings is 2. The Bertz CT molecular complexity index is 1250. The van der Waals surface area contributed by atoms with E-state index >= 15 is 0 Å². The normalized spacial score (nSPS) is 15.0. The van der Waals surface area contributed by atoms with Crippen LogP contribution in [-0.2, 0) is 6.42 Å². The second-order valence-electron chi connectivity index (χ2n) is 8.61. The van der Waals surface area contributed by atoms with E-state index < -0.39 is 11.9 Å². The standard InChI is InChI=1S/C27H26ClF3N4OS/c28-22-5-1-2-6-23(22)33-24(18-25(32)27(29,30)31)19-7-9-20(10-8-19)26(36)35-15-13-34(14-16-35)12-11-21-4-3-17-37-21/h1-10,17-18,32-33H,11-16H2/b24-18-,32-25?. The third kappa shape index (κ3) is 7.21. The van der Waals surface area contributed by atoms with Gasteiger partial charge in [0.15, 0.2) is 0 Å². The Morgan fingerprint density at radius 2 is 1.68 bits per heavy atom. The second kappa shape index (κ2) is 11.9. The molecule has 4 rings (SSSR count). The summed E-state index contributed by atoms with van der Waals surface area (Å²) in [4.78, 5) is 18.6. The minimum Gasteiger partial charge on any atom is -0.354 e. The van der Waals surface area contributed by atoms with Crippen molar-refractivity contribution in [2.24, 2.45) is 0 Å². The van der Waals surface area contributed by atoms with Crippen molar-refractivity contribution in [1.29, 1.82) is 5.41 Å². The van der Waals surface area contributed by atoms with Crippen molar-refractivity contribution in [2.75, 3.05) is 38.0 Å². The number of anilines is 1. The molecule has 0 aliphatic carbocycles. The summed E-state index contributed by atoms with van der Waals surface area (Å²) in [6.45, 7) is 3.78. The van der Waals surface area contributed by atoms with Gasteiger partial charge in [0, 0.05) is 48.9 Å². The van der Waals surface area contributed by atoms with E-state index in [-0.39, 0.29) is 11.6 Å². The van der Waals surface area contributed by atoms with Gasteiger partial charge < -0.3 is 10.2 Å². The Kier molecular flexibility index (Phi) is 8.68. The van der Waals surface area contributed by atoms with Crippen molar-refractivity contribution in [3.63, 3.8) is 0 Å². The van der Waals surface area contributed by atoms with Crippen molar-refractivity contribution in [3.8, 4) is 0 Å². The summed E-state index contributed by atoms with van der Waals surface area (Å²) in [6.07, 6.45) is -3.08. The molecule has 1 saturated heterocycles. The van der Waals surface area contributed by atoms with E-state index in [4.69, 9.17) is 17.0 Å². The van der Waals surface area contributed by atoms with Crippen molar-refractivity contribution in [2.45, 2.75) is 12.6 Å². The molecule has 0 atom stereocenters. The zero-order valence-electron chi connectivity index (χ0n) is 19.9. The second-order valence-corrected chi connectivity index (χ2v) is 10.1. The molecule has 2 N–H and O–H groups in total. The smallest absolute Gasteiger partial charge is 0.354 e. The van der Waals surface area contributed by atoms with Gasteiger partial charge >= 0.3 is 6.18 Å². The summed E-state index contributed by atoms with van der Waals surface area (Å²) in [5.74, 6) is -0.114. The van der Waals surface area contributed by atoms with Gasteiger partial charge in [-0.1, -0.05) is 41.9 Å². The summed E-state index contributed by atoms with van der Waals surface area (Å²) >= 11 is 7.92. The van der Waals surface area contributed by atoms with Gasteiger partial charge in [0.05, 0.1) is 10.7 Å². The lowest BCUT2D eigenvalue weighted by Crippen LogP contribution is -2.49. The van der Waals surface area contributed by atoms with Gasteiger partial charge in [0.2, 0.25) is 0 Å². The third-order valence-corrected chi connectivity index (χ3v) is 7.36. The van der Waals surface area contributed by atoms with E-state index in [1.54, 1.807) is 64.8 Å². The van der Waals surface area contributed by atoms with Crippen LogP contribution in [-0.4, -0.2) is 60.3 Å². The van der Waals surface area contributed by atoms with Crippen LogP contribution in [0, 0.1) is 5.41 Å². The van der Waals surface area contributed by atoms with Crippen LogP contribution in [0.3, 0.4) is 0 Å². The molecule has 2 heterocycles. The van der Waals surface area contributed by atoms with Crippen LogP contribution in [0.25, 0.3) is 5.70 Å². The highest BCUT2D eigenvalue weighted by molar-refractivity contribution is 7.09. The van der Waals surface area contributed by atoms with Crippen LogP contribution in [0.2, 0.25) is 5.02 Å². The largest absolute Gasteiger partial charge is 0.432 e. The summed E-state index contributed by atoms with van der Waals surface area (Å²) < 4.78 is 39.3. The van der Waals surface area contributed by atoms with Crippen molar-refractivity contribution < 1.29 is 18.0 Å². The number of carbonyl (C=O) groups excluding carboxylic acids is 1. The van der Waals surface area contributed by atoms with Gasteiger partial charge in [-0.15, -0.1) is 11.3 Å². The topological polar surface area (TPSA) is 59.4 Å². The maximum absolute atomic E-state index is 13.1. The number of nitrogens with zero attached hydrogens (tertiary/aromatic N) is 2. The van der Waals surface area contributed by atoms with Gasteiger partial charge in [-0.2, -0.15) is 13.2 Å². The maximum Gasteiger partial charge on any atom is 0.432 e. The molecule has 0 saturated carbocycles. The number of rotatable bonds is 8. The molecule has 0 radical (unpaired) electrons. The molecule has 3 aromatic rings. The van der Waals surface area contributed by atoms with E-state index in [0.717, 1.165) is 32.1 Å². The third-order valence-electron chi connectivity index (χ3n) is 6.09. The Morgan fingerprint density at radius 1 is 1.00 bits per heavy atom. The lowest BCUT2D eigenvalue weighted by atomic mass is 10.1. The number of piperazine rings is 1. The summed E-state index contributed by atoms with van der Waals surface area (Å²) in [7, 11) is 0. The molecular weight excluding hydrogens is 521 g/mol. The van der Waals surface area contributed by atoms with Crippen LogP contribution in [0.1, 0.15) is 20.8 Å². The van der Waals surface area contributed by atoms with Gasteiger partial charge in [0.1, 0.15) is 5.71 Å².